The number of carbonyl (C=O) groups excluding carboxylic acids is 1. The lowest BCUT2D eigenvalue weighted by molar-refractivity contribution is 0.0740. The van der Waals surface area contributed by atoms with Crippen LogP contribution in [0.15, 0.2) is 18.2 Å². The van der Waals surface area contributed by atoms with Crippen LogP contribution in [-0.4, -0.2) is 23.9 Å². The Balaban J connectivity index is 2.86. The van der Waals surface area contributed by atoms with E-state index < -0.39 is 0 Å². The number of hydrogen-bond acceptors (Lipinski definition) is 2. The average Bonchev–Trinajstić information content (AvgIpc) is 2.37. The maximum atomic E-state index is 12.8. The smallest absolute Gasteiger partial charge is 0.254 e. The normalized spacial score (nSPS) is 11.2. The highest BCUT2D eigenvalue weighted by Gasteiger charge is 2.18. The molecule has 21 heavy (non-hydrogen) atoms. The Morgan fingerprint density at radius 3 is 2.05 bits per heavy atom. The van der Waals surface area contributed by atoms with E-state index in [1.807, 2.05) is 30.0 Å². The van der Waals surface area contributed by atoms with E-state index in [0.717, 1.165) is 37.1 Å². The summed E-state index contributed by atoms with van der Waals surface area (Å²) in [5.74, 6) is 1.34. The Hall–Kier alpha value is -1.51. The van der Waals surface area contributed by atoms with Crippen molar-refractivity contribution in [2.24, 2.45) is 11.8 Å². The zero-order valence-corrected chi connectivity index (χ0v) is 14.1. The number of nitrogens with two attached hydrogens (primary N) is 1. The summed E-state index contributed by atoms with van der Waals surface area (Å²) in [6, 6.07) is 5.53. The number of amides is 1. The summed E-state index contributed by atoms with van der Waals surface area (Å²) >= 11 is 0. The third kappa shape index (κ3) is 5.78. The highest BCUT2D eigenvalue weighted by atomic mass is 16.2. The minimum absolute atomic E-state index is 0.133. The van der Waals surface area contributed by atoms with Gasteiger partial charge >= 0.3 is 0 Å². The first kappa shape index (κ1) is 17.5. The molecule has 3 heteroatoms. The topological polar surface area (TPSA) is 46.3 Å². The number of hydrogen-bond donors (Lipinski definition) is 1. The predicted molar refractivity (Wildman–Crippen MR) is 90.4 cm³/mol. The van der Waals surface area contributed by atoms with Gasteiger partial charge < -0.3 is 10.6 Å². The van der Waals surface area contributed by atoms with E-state index >= 15 is 0 Å². The number of rotatable bonds is 7. The van der Waals surface area contributed by atoms with Gasteiger partial charge in [0.05, 0.1) is 0 Å². The van der Waals surface area contributed by atoms with Crippen LogP contribution in [0.4, 0.5) is 5.69 Å². The second-order valence-electron chi connectivity index (χ2n) is 6.73. The molecular weight excluding hydrogens is 260 g/mol. The molecule has 0 radical (unpaired) electrons. The highest BCUT2D eigenvalue weighted by molar-refractivity contribution is 5.96. The lowest BCUT2D eigenvalue weighted by Gasteiger charge is -2.25. The van der Waals surface area contributed by atoms with Crippen LogP contribution in [-0.2, 0) is 0 Å². The van der Waals surface area contributed by atoms with Crippen molar-refractivity contribution in [2.75, 3.05) is 18.8 Å². The monoisotopic (exact) mass is 290 g/mol. The average molecular weight is 290 g/mol. The van der Waals surface area contributed by atoms with E-state index in [1.165, 1.54) is 0 Å². The fourth-order valence-corrected chi connectivity index (χ4v) is 2.24. The minimum atomic E-state index is 0.133. The number of anilines is 1. The van der Waals surface area contributed by atoms with Crippen LogP contribution in [0.1, 0.15) is 56.5 Å². The van der Waals surface area contributed by atoms with Crippen molar-refractivity contribution < 1.29 is 4.79 Å². The molecule has 1 amide bonds. The van der Waals surface area contributed by atoms with Gasteiger partial charge in [-0.1, -0.05) is 27.7 Å². The predicted octanol–water partition coefficient (Wildman–Crippen LogP) is 4.11. The fraction of sp³-hybridized carbons (Fsp3) is 0.611. The van der Waals surface area contributed by atoms with E-state index in [1.54, 1.807) is 0 Å². The summed E-state index contributed by atoms with van der Waals surface area (Å²) in [7, 11) is 0. The number of carbonyl (C=O) groups is 1. The molecule has 0 fully saturated rings. The lowest BCUT2D eigenvalue weighted by Crippen LogP contribution is -2.34. The lowest BCUT2D eigenvalue weighted by atomic mass is 10.0. The van der Waals surface area contributed by atoms with Crippen molar-refractivity contribution >= 4 is 11.6 Å². The van der Waals surface area contributed by atoms with E-state index in [4.69, 9.17) is 5.73 Å². The first-order chi connectivity index (χ1) is 9.81. The number of nitrogen functional groups attached to an aromatic ring is 1. The summed E-state index contributed by atoms with van der Waals surface area (Å²) in [4.78, 5) is 14.8. The summed E-state index contributed by atoms with van der Waals surface area (Å²) in [5.41, 5.74) is 8.22. The quantitative estimate of drug-likeness (QED) is 0.768. The number of benzene rings is 1. The number of aryl methyl sites for hydroxylation is 1. The van der Waals surface area contributed by atoms with Gasteiger partial charge in [-0.2, -0.15) is 0 Å². The van der Waals surface area contributed by atoms with E-state index in [2.05, 4.69) is 27.7 Å². The van der Waals surface area contributed by atoms with Gasteiger partial charge in [-0.05, 0) is 55.4 Å². The third-order valence-corrected chi connectivity index (χ3v) is 3.72. The maximum absolute atomic E-state index is 12.8. The zero-order valence-electron chi connectivity index (χ0n) is 14.1. The molecule has 1 aromatic rings. The van der Waals surface area contributed by atoms with Gasteiger partial charge in [-0.3, -0.25) is 4.79 Å². The molecule has 1 rings (SSSR count). The molecule has 0 aliphatic carbocycles. The molecule has 0 aromatic heterocycles. The van der Waals surface area contributed by atoms with Gasteiger partial charge in [0.2, 0.25) is 0 Å². The largest absolute Gasteiger partial charge is 0.399 e. The Morgan fingerprint density at radius 1 is 1.10 bits per heavy atom. The molecular formula is C18H30N2O. The van der Waals surface area contributed by atoms with Gasteiger partial charge in [-0.25, -0.2) is 0 Å². The molecule has 0 spiro atoms. The molecule has 0 saturated heterocycles. The van der Waals surface area contributed by atoms with Gasteiger partial charge in [0.25, 0.3) is 5.91 Å². The molecule has 0 atom stereocenters. The van der Waals surface area contributed by atoms with Crippen LogP contribution in [0.2, 0.25) is 0 Å². The molecule has 2 N–H and O–H groups in total. The fourth-order valence-electron chi connectivity index (χ4n) is 2.24. The standard InChI is InChI=1S/C18H30N2O/c1-13(2)8-10-20(11-9-14(3)4)18(21)17-7-6-16(19)12-15(17)5/h6-7,12-14H,8-11,19H2,1-5H3. The molecule has 0 unspecified atom stereocenters. The van der Waals surface area contributed by atoms with Crippen molar-refractivity contribution in [1.82, 2.24) is 4.90 Å². The Morgan fingerprint density at radius 2 is 1.62 bits per heavy atom. The Labute approximate surface area is 129 Å². The van der Waals surface area contributed by atoms with Crippen LogP contribution >= 0.6 is 0 Å². The van der Waals surface area contributed by atoms with Crippen molar-refractivity contribution in [1.29, 1.82) is 0 Å². The van der Waals surface area contributed by atoms with Gasteiger partial charge in [0, 0.05) is 24.3 Å². The summed E-state index contributed by atoms with van der Waals surface area (Å²) in [6.07, 6.45) is 2.08. The van der Waals surface area contributed by atoms with Crippen molar-refractivity contribution in [2.45, 2.75) is 47.5 Å². The van der Waals surface area contributed by atoms with E-state index in [0.29, 0.717) is 17.5 Å². The van der Waals surface area contributed by atoms with Crippen molar-refractivity contribution in [3.63, 3.8) is 0 Å². The third-order valence-electron chi connectivity index (χ3n) is 3.72. The molecule has 0 bridgehead atoms. The molecule has 118 valence electrons. The van der Waals surface area contributed by atoms with Crippen molar-refractivity contribution in [3.8, 4) is 0 Å². The van der Waals surface area contributed by atoms with Crippen LogP contribution in [0.3, 0.4) is 0 Å². The second kappa shape index (κ2) is 8.06. The number of nitrogens with zero attached hydrogens (tertiary/aromatic N) is 1. The minimum Gasteiger partial charge on any atom is -0.399 e. The van der Waals surface area contributed by atoms with Gasteiger partial charge in [-0.15, -0.1) is 0 Å². The Bertz CT molecular complexity index is 454. The summed E-state index contributed by atoms with van der Waals surface area (Å²) < 4.78 is 0. The van der Waals surface area contributed by atoms with Gasteiger partial charge in [0.1, 0.15) is 0 Å². The molecule has 0 aliphatic heterocycles. The van der Waals surface area contributed by atoms with Crippen LogP contribution in [0.5, 0.6) is 0 Å². The second-order valence-corrected chi connectivity index (χ2v) is 6.73. The van der Waals surface area contributed by atoms with E-state index in [9.17, 15) is 4.79 Å². The molecule has 1 aromatic carbocycles. The van der Waals surface area contributed by atoms with Gasteiger partial charge in [0.15, 0.2) is 0 Å². The first-order valence-electron chi connectivity index (χ1n) is 7.96. The maximum Gasteiger partial charge on any atom is 0.254 e. The highest BCUT2D eigenvalue weighted by Crippen LogP contribution is 2.17. The SMILES string of the molecule is Cc1cc(N)ccc1C(=O)N(CCC(C)C)CCC(C)C. The van der Waals surface area contributed by atoms with Crippen LogP contribution in [0.25, 0.3) is 0 Å². The summed E-state index contributed by atoms with van der Waals surface area (Å²) in [5, 5.41) is 0. The Kier molecular flexibility index (Phi) is 6.73. The first-order valence-corrected chi connectivity index (χ1v) is 7.96. The van der Waals surface area contributed by atoms with Crippen LogP contribution in [0, 0.1) is 18.8 Å². The van der Waals surface area contributed by atoms with Crippen molar-refractivity contribution in [3.05, 3.63) is 29.3 Å². The molecule has 3 nitrogen and oxygen atoms in total. The zero-order chi connectivity index (χ0) is 16.0. The van der Waals surface area contributed by atoms with E-state index in [-0.39, 0.29) is 5.91 Å². The molecule has 0 aliphatic rings. The molecule has 0 saturated carbocycles. The van der Waals surface area contributed by atoms with Crippen LogP contribution < -0.4 is 5.73 Å². The molecule has 0 heterocycles. The summed E-state index contributed by atoms with van der Waals surface area (Å²) in [6.45, 7) is 12.4.